The SMILES string of the molecule is O=C1CNc2ncc(-c3ccc(NSCCN4CCCC4)cc3)cc2N1Cc1cc(F)ccc1F. The smallest absolute Gasteiger partial charge is 0.246 e. The number of hydrogen-bond acceptors (Lipinski definition) is 6. The van der Waals surface area contributed by atoms with Crippen LogP contribution in [0.25, 0.3) is 11.1 Å². The van der Waals surface area contributed by atoms with Crippen molar-refractivity contribution < 1.29 is 13.6 Å². The van der Waals surface area contributed by atoms with E-state index in [-0.39, 0.29) is 24.6 Å². The van der Waals surface area contributed by atoms with Crippen molar-refractivity contribution in [1.29, 1.82) is 0 Å². The highest BCUT2D eigenvalue weighted by Gasteiger charge is 2.26. The summed E-state index contributed by atoms with van der Waals surface area (Å²) >= 11 is 1.70. The van der Waals surface area contributed by atoms with Crippen molar-refractivity contribution in [3.8, 4) is 11.1 Å². The van der Waals surface area contributed by atoms with Gasteiger partial charge in [-0.2, -0.15) is 0 Å². The second-order valence-corrected chi connectivity index (χ2v) is 9.64. The van der Waals surface area contributed by atoms with E-state index < -0.39 is 11.6 Å². The Labute approximate surface area is 207 Å². The molecule has 0 radical (unpaired) electrons. The maximum atomic E-state index is 14.3. The van der Waals surface area contributed by atoms with Crippen LogP contribution < -0.4 is 14.9 Å². The Bertz CT molecular complexity index is 1200. The Morgan fingerprint density at radius 3 is 2.63 bits per heavy atom. The Balaban J connectivity index is 1.29. The van der Waals surface area contributed by atoms with Gasteiger partial charge in [-0.05, 0) is 67.9 Å². The lowest BCUT2D eigenvalue weighted by molar-refractivity contribution is -0.117. The second-order valence-electron chi connectivity index (χ2n) is 8.74. The number of carbonyl (C=O) groups is 1. The van der Waals surface area contributed by atoms with Crippen LogP contribution in [0, 0.1) is 11.6 Å². The molecule has 1 amide bonds. The van der Waals surface area contributed by atoms with Gasteiger partial charge in [0.25, 0.3) is 0 Å². The normalized spacial score (nSPS) is 15.7. The number of likely N-dealkylation sites (tertiary alicyclic amines) is 1. The molecule has 182 valence electrons. The first-order valence-electron chi connectivity index (χ1n) is 11.8. The molecule has 0 saturated carbocycles. The molecule has 0 spiro atoms. The Morgan fingerprint density at radius 1 is 1.03 bits per heavy atom. The number of carbonyl (C=O) groups excluding carboxylic acids is 1. The summed E-state index contributed by atoms with van der Waals surface area (Å²) in [5.41, 5.74) is 3.46. The van der Waals surface area contributed by atoms with E-state index in [1.807, 2.05) is 30.3 Å². The molecule has 0 unspecified atom stereocenters. The van der Waals surface area contributed by atoms with Gasteiger partial charge < -0.3 is 19.8 Å². The molecular weight excluding hydrogens is 468 g/mol. The van der Waals surface area contributed by atoms with E-state index in [0.29, 0.717) is 11.5 Å². The zero-order valence-electron chi connectivity index (χ0n) is 19.3. The molecule has 6 nitrogen and oxygen atoms in total. The van der Waals surface area contributed by atoms with Crippen molar-refractivity contribution in [1.82, 2.24) is 9.88 Å². The van der Waals surface area contributed by atoms with E-state index in [1.54, 1.807) is 18.1 Å². The molecular formula is C26H27F2N5OS. The molecule has 1 saturated heterocycles. The van der Waals surface area contributed by atoms with Crippen molar-refractivity contribution in [2.24, 2.45) is 0 Å². The van der Waals surface area contributed by atoms with Crippen LogP contribution in [-0.4, -0.2) is 47.7 Å². The number of aromatic nitrogens is 1. The Kier molecular flexibility index (Phi) is 7.15. The first kappa shape index (κ1) is 23.6. The zero-order valence-corrected chi connectivity index (χ0v) is 20.1. The van der Waals surface area contributed by atoms with Gasteiger partial charge in [-0.25, -0.2) is 13.8 Å². The van der Waals surface area contributed by atoms with Gasteiger partial charge in [-0.3, -0.25) is 4.79 Å². The molecule has 0 atom stereocenters. The fourth-order valence-electron chi connectivity index (χ4n) is 4.40. The third-order valence-electron chi connectivity index (χ3n) is 6.32. The molecule has 2 aliphatic rings. The quantitative estimate of drug-likeness (QED) is 0.333. The summed E-state index contributed by atoms with van der Waals surface area (Å²) in [5.74, 6) is 0.242. The van der Waals surface area contributed by atoms with Crippen molar-refractivity contribution >= 4 is 35.0 Å². The first-order chi connectivity index (χ1) is 17.1. The minimum atomic E-state index is -0.551. The summed E-state index contributed by atoms with van der Waals surface area (Å²) in [5, 5.41) is 3.00. The van der Waals surface area contributed by atoms with Crippen LogP contribution in [0.1, 0.15) is 18.4 Å². The molecule has 9 heteroatoms. The van der Waals surface area contributed by atoms with E-state index in [1.165, 1.54) is 30.8 Å². The molecule has 3 aromatic rings. The number of amides is 1. The first-order valence-corrected chi connectivity index (χ1v) is 12.7. The average Bonchev–Trinajstić information content (AvgIpc) is 3.39. The van der Waals surface area contributed by atoms with Gasteiger partial charge in [0.2, 0.25) is 5.91 Å². The fraction of sp³-hybridized carbons (Fsp3) is 0.308. The highest BCUT2D eigenvalue weighted by molar-refractivity contribution is 8.00. The van der Waals surface area contributed by atoms with Gasteiger partial charge in [-0.1, -0.05) is 24.1 Å². The third-order valence-corrected chi connectivity index (χ3v) is 7.09. The van der Waals surface area contributed by atoms with E-state index in [0.717, 1.165) is 47.3 Å². The Hall–Kier alpha value is -3.17. The lowest BCUT2D eigenvalue weighted by Gasteiger charge is -2.30. The van der Waals surface area contributed by atoms with Gasteiger partial charge in [0.1, 0.15) is 11.6 Å². The summed E-state index contributed by atoms with van der Waals surface area (Å²) in [6.45, 7) is 3.49. The van der Waals surface area contributed by atoms with Crippen LogP contribution in [0.4, 0.5) is 26.0 Å². The maximum Gasteiger partial charge on any atom is 0.246 e. The lowest BCUT2D eigenvalue weighted by Crippen LogP contribution is -2.40. The van der Waals surface area contributed by atoms with E-state index in [4.69, 9.17) is 0 Å². The molecule has 0 bridgehead atoms. The van der Waals surface area contributed by atoms with Crippen LogP contribution in [0.15, 0.2) is 54.7 Å². The van der Waals surface area contributed by atoms with Gasteiger partial charge in [0.05, 0.1) is 18.8 Å². The number of fused-ring (bicyclic) bond motifs is 1. The third kappa shape index (κ3) is 5.57. The monoisotopic (exact) mass is 495 g/mol. The second kappa shape index (κ2) is 10.6. The van der Waals surface area contributed by atoms with E-state index in [2.05, 4.69) is 19.9 Å². The number of nitrogens with one attached hydrogen (secondary N) is 2. The Morgan fingerprint density at radius 2 is 1.83 bits per heavy atom. The van der Waals surface area contributed by atoms with Crippen LogP contribution in [-0.2, 0) is 11.3 Å². The molecule has 5 rings (SSSR count). The molecule has 1 fully saturated rings. The number of anilines is 3. The summed E-state index contributed by atoms with van der Waals surface area (Å²) in [6, 6.07) is 13.2. The summed E-state index contributed by atoms with van der Waals surface area (Å²) < 4.78 is 31.3. The summed E-state index contributed by atoms with van der Waals surface area (Å²) in [7, 11) is 0. The number of nitrogens with zero attached hydrogens (tertiary/aromatic N) is 3. The minimum absolute atomic E-state index is 0.0477. The van der Waals surface area contributed by atoms with Gasteiger partial charge in [0, 0.05) is 35.3 Å². The number of benzene rings is 2. The molecule has 1 aromatic heterocycles. The van der Waals surface area contributed by atoms with Crippen molar-refractivity contribution in [3.05, 3.63) is 71.9 Å². The van der Waals surface area contributed by atoms with Crippen LogP contribution in [0.5, 0.6) is 0 Å². The maximum absolute atomic E-state index is 14.3. The summed E-state index contributed by atoms with van der Waals surface area (Å²) in [6.07, 6.45) is 4.36. The standard InChI is InChI=1S/C26H27F2N5OS/c27-21-5-8-23(28)20(13-21)17-33-24-14-19(15-29-26(24)30-16-25(33)34)18-3-6-22(7-4-18)31-35-12-11-32-9-1-2-10-32/h3-8,13-15,31H,1-2,9-12,16-17H2,(H,29,30). The number of pyridine rings is 1. The highest BCUT2D eigenvalue weighted by Crippen LogP contribution is 2.34. The topological polar surface area (TPSA) is 60.5 Å². The predicted molar refractivity (Wildman–Crippen MR) is 137 cm³/mol. The number of halogens is 2. The predicted octanol–water partition coefficient (Wildman–Crippen LogP) is 5.14. The fourth-order valence-corrected chi connectivity index (χ4v) is 5.15. The van der Waals surface area contributed by atoms with Gasteiger partial charge in [0.15, 0.2) is 5.82 Å². The van der Waals surface area contributed by atoms with Gasteiger partial charge in [-0.15, -0.1) is 0 Å². The molecule has 0 aliphatic carbocycles. The molecule has 2 N–H and O–H groups in total. The number of rotatable bonds is 8. The van der Waals surface area contributed by atoms with Crippen molar-refractivity contribution in [3.63, 3.8) is 0 Å². The molecule has 2 aliphatic heterocycles. The molecule has 2 aromatic carbocycles. The van der Waals surface area contributed by atoms with Gasteiger partial charge >= 0.3 is 0 Å². The van der Waals surface area contributed by atoms with Crippen LogP contribution >= 0.6 is 11.9 Å². The zero-order chi connectivity index (χ0) is 24.2. The number of hydrogen-bond donors (Lipinski definition) is 2. The average molecular weight is 496 g/mol. The van der Waals surface area contributed by atoms with Crippen LogP contribution in [0.2, 0.25) is 0 Å². The van der Waals surface area contributed by atoms with E-state index >= 15 is 0 Å². The molecule has 3 heterocycles. The van der Waals surface area contributed by atoms with E-state index in [9.17, 15) is 13.6 Å². The minimum Gasteiger partial charge on any atom is -0.359 e. The largest absolute Gasteiger partial charge is 0.359 e. The lowest BCUT2D eigenvalue weighted by atomic mass is 10.1. The summed E-state index contributed by atoms with van der Waals surface area (Å²) in [4.78, 5) is 21.1. The van der Waals surface area contributed by atoms with Crippen molar-refractivity contribution in [2.45, 2.75) is 19.4 Å². The molecule has 35 heavy (non-hydrogen) atoms. The van der Waals surface area contributed by atoms with Crippen LogP contribution in [0.3, 0.4) is 0 Å². The highest BCUT2D eigenvalue weighted by atomic mass is 32.2. The van der Waals surface area contributed by atoms with Crippen molar-refractivity contribution in [2.75, 3.05) is 46.9 Å².